The summed E-state index contributed by atoms with van der Waals surface area (Å²) in [4.78, 5) is 27.8. The summed E-state index contributed by atoms with van der Waals surface area (Å²) in [6.07, 6.45) is 1.63. The van der Waals surface area contributed by atoms with Crippen LogP contribution in [0.5, 0.6) is 5.75 Å². The second-order valence-corrected chi connectivity index (χ2v) is 4.93. The van der Waals surface area contributed by atoms with E-state index in [0.717, 1.165) is 5.69 Å². The van der Waals surface area contributed by atoms with Crippen LogP contribution in [0, 0.1) is 6.92 Å². The maximum atomic E-state index is 12.2. The van der Waals surface area contributed by atoms with Gasteiger partial charge in [-0.25, -0.2) is 14.6 Å². The van der Waals surface area contributed by atoms with Gasteiger partial charge in [-0.2, -0.15) is 0 Å². The predicted octanol–water partition coefficient (Wildman–Crippen LogP) is 2.65. The average molecular weight is 310 g/mol. The maximum absolute atomic E-state index is 12.2. The van der Waals surface area contributed by atoms with Crippen LogP contribution in [0.15, 0.2) is 48.7 Å². The van der Waals surface area contributed by atoms with Gasteiger partial charge in [0.15, 0.2) is 5.69 Å². The number of fused-ring (bicyclic) bond motifs is 1. The third kappa shape index (κ3) is 2.91. The first-order chi connectivity index (χ1) is 11.1. The third-order valence-electron chi connectivity index (χ3n) is 3.39. The second-order valence-electron chi connectivity index (χ2n) is 4.93. The summed E-state index contributed by atoms with van der Waals surface area (Å²) in [5.74, 6) is -0.672. The number of benzene rings is 1. The van der Waals surface area contributed by atoms with Gasteiger partial charge in [0, 0.05) is 11.9 Å². The lowest BCUT2D eigenvalue weighted by Gasteiger charge is -2.03. The first kappa shape index (κ1) is 14.8. The molecule has 6 heteroatoms. The van der Waals surface area contributed by atoms with E-state index in [0.29, 0.717) is 17.0 Å². The summed E-state index contributed by atoms with van der Waals surface area (Å²) in [7, 11) is 1.31. The van der Waals surface area contributed by atoms with E-state index >= 15 is 0 Å². The SMILES string of the molecule is COC(=O)c1ccc(OC(=O)c2cn3c(C)cccc3n2)cc1. The van der Waals surface area contributed by atoms with Crippen LogP contribution >= 0.6 is 0 Å². The first-order valence-corrected chi connectivity index (χ1v) is 6.94. The topological polar surface area (TPSA) is 69.9 Å². The highest BCUT2D eigenvalue weighted by Crippen LogP contribution is 2.15. The predicted molar refractivity (Wildman–Crippen MR) is 82.7 cm³/mol. The van der Waals surface area contributed by atoms with Gasteiger partial charge in [-0.15, -0.1) is 0 Å². The molecule has 0 saturated carbocycles. The van der Waals surface area contributed by atoms with E-state index in [4.69, 9.17) is 4.74 Å². The fraction of sp³-hybridized carbons (Fsp3) is 0.118. The molecule has 0 saturated heterocycles. The second kappa shape index (κ2) is 5.92. The molecule has 6 nitrogen and oxygen atoms in total. The summed E-state index contributed by atoms with van der Waals surface area (Å²) in [5.41, 5.74) is 2.25. The highest BCUT2D eigenvalue weighted by Gasteiger charge is 2.14. The number of aromatic nitrogens is 2. The van der Waals surface area contributed by atoms with Crippen LogP contribution in [-0.2, 0) is 4.74 Å². The molecule has 0 aliphatic carbocycles. The normalized spacial score (nSPS) is 10.5. The molecule has 23 heavy (non-hydrogen) atoms. The molecule has 3 aromatic rings. The van der Waals surface area contributed by atoms with Crippen molar-refractivity contribution in [3.8, 4) is 5.75 Å². The Hall–Kier alpha value is -3.15. The van der Waals surface area contributed by atoms with E-state index in [2.05, 4.69) is 9.72 Å². The lowest BCUT2D eigenvalue weighted by atomic mass is 10.2. The van der Waals surface area contributed by atoms with Crippen LogP contribution in [0.25, 0.3) is 5.65 Å². The average Bonchev–Trinajstić information content (AvgIpc) is 3.00. The molecule has 0 spiro atoms. The Morgan fingerprint density at radius 2 is 1.78 bits per heavy atom. The number of carbonyl (C=O) groups excluding carboxylic acids is 2. The van der Waals surface area contributed by atoms with Crippen molar-refractivity contribution in [1.29, 1.82) is 0 Å². The molecule has 116 valence electrons. The molecule has 1 aromatic carbocycles. The van der Waals surface area contributed by atoms with E-state index in [1.165, 1.54) is 31.4 Å². The summed E-state index contributed by atoms with van der Waals surface area (Å²) in [6.45, 7) is 1.93. The van der Waals surface area contributed by atoms with Gasteiger partial charge in [-0.05, 0) is 43.3 Å². The van der Waals surface area contributed by atoms with Crippen LogP contribution < -0.4 is 4.74 Å². The van der Waals surface area contributed by atoms with Crippen molar-refractivity contribution in [2.24, 2.45) is 0 Å². The van der Waals surface area contributed by atoms with Crippen LogP contribution in [0.3, 0.4) is 0 Å². The monoisotopic (exact) mass is 310 g/mol. The molecule has 3 rings (SSSR count). The summed E-state index contributed by atoms with van der Waals surface area (Å²) in [5, 5.41) is 0. The van der Waals surface area contributed by atoms with Crippen molar-refractivity contribution in [2.75, 3.05) is 7.11 Å². The van der Waals surface area contributed by atoms with Crippen LogP contribution in [-0.4, -0.2) is 28.4 Å². The fourth-order valence-corrected chi connectivity index (χ4v) is 2.18. The zero-order valence-electron chi connectivity index (χ0n) is 12.6. The maximum Gasteiger partial charge on any atom is 0.363 e. The lowest BCUT2D eigenvalue weighted by molar-refractivity contribution is 0.0600. The third-order valence-corrected chi connectivity index (χ3v) is 3.39. The molecule has 0 N–H and O–H groups in total. The number of aryl methyl sites for hydroxylation is 1. The molecule has 0 aliphatic rings. The van der Waals surface area contributed by atoms with E-state index < -0.39 is 11.9 Å². The molecule has 2 heterocycles. The van der Waals surface area contributed by atoms with Crippen molar-refractivity contribution in [2.45, 2.75) is 6.92 Å². The number of hydrogen-bond acceptors (Lipinski definition) is 5. The van der Waals surface area contributed by atoms with Gasteiger partial charge in [0.25, 0.3) is 0 Å². The number of hydrogen-bond donors (Lipinski definition) is 0. The number of nitrogens with zero attached hydrogens (tertiary/aromatic N) is 2. The molecule has 0 fully saturated rings. The van der Waals surface area contributed by atoms with Gasteiger partial charge in [0.2, 0.25) is 0 Å². The summed E-state index contributed by atoms with van der Waals surface area (Å²) < 4.78 is 11.7. The van der Waals surface area contributed by atoms with Gasteiger partial charge in [0.05, 0.1) is 12.7 Å². The Labute approximate surface area is 132 Å². The van der Waals surface area contributed by atoms with Crippen molar-refractivity contribution >= 4 is 17.6 Å². The molecule has 0 radical (unpaired) electrons. The quantitative estimate of drug-likeness (QED) is 0.549. The van der Waals surface area contributed by atoms with Crippen LogP contribution in [0.4, 0.5) is 0 Å². The van der Waals surface area contributed by atoms with E-state index in [-0.39, 0.29) is 5.69 Å². The molecular formula is C17H14N2O4. The molecule has 0 bridgehead atoms. The molecular weight excluding hydrogens is 296 g/mol. The number of methoxy groups -OCH3 is 1. The van der Waals surface area contributed by atoms with Crippen LogP contribution in [0.1, 0.15) is 26.5 Å². The van der Waals surface area contributed by atoms with Crippen molar-refractivity contribution in [3.63, 3.8) is 0 Å². The summed E-state index contributed by atoms with van der Waals surface area (Å²) in [6, 6.07) is 11.7. The minimum Gasteiger partial charge on any atom is -0.465 e. The van der Waals surface area contributed by atoms with Crippen molar-refractivity contribution < 1.29 is 19.1 Å². The number of imidazole rings is 1. The van der Waals surface area contributed by atoms with Gasteiger partial charge in [0.1, 0.15) is 11.4 Å². The summed E-state index contributed by atoms with van der Waals surface area (Å²) >= 11 is 0. The minimum atomic E-state index is -0.557. The first-order valence-electron chi connectivity index (χ1n) is 6.94. The van der Waals surface area contributed by atoms with Gasteiger partial charge >= 0.3 is 11.9 Å². The zero-order chi connectivity index (χ0) is 16.4. The molecule has 0 aliphatic heterocycles. The number of rotatable bonds is 3. The van der Waals surface area contributed by atoms with Gasteiger partial charge in [-0.3, -0.25) is 0 Å². The van der Waals surface area contributed by atoms with E-state index in [9.17, 15) is 9.59 Å². The van der Waals surface area contributed by atoms with Gasteiger partial charge < -0.3 is 13.9 Å². The highest BCUT2D eigenvalue weighted by molar-refractivity contribution is 5.91. The van der Waals surface area contributed by atoms with Gasteiger partial charge in [-0.1, -0.05) is 6.07 Å². The minimum absolute atomic E-state index is 0.219. The number of esters is 2. The molecule has 0 atom stereocenters. The van der Waals surface area contributed by atoms with Crippen molar-refractivity contribution in [3.05, 3.63) is 65.6 Å². The lowest BCUT2D eigenvalue weighted by Crippen LogP contribution is -2.09. The molecule has 0 amide bonds. The molecule has 0 unspecified atom stereocenters. The zero-order valence-corrected chi connectivity index (χ0v) is 12.6. The Morgan fingerprint density at radius 1 is 1.04 bits per heavy atom. The van der Waals surface area contributed by atoms with Crippen LogP contribution in [0.2, 0.25) is 0 Å². The smallest absolute Gasteiger partial charge is 0.363 e. The van der Waals surface area contributed by atoms with Crippen molar-refractivity contribution in [1.82, 2.24) is 9.38 Å². The highest BCUT2D eigenvalue weighted by atomic mass is 16.5. The Balaban J connectivity index is 1.80. The van der Waals surface area contributed by atoms with E-state index in [1.807, 2.05) is 29.5 Å². The number of ether oxygens (including phenoxy) is 2. The Morgan fingerprint density at radius 3 is 2.43 bits per heavy atom. The Kier molecular flexibility index (Phi) is 3.80. The number of carbonyl (C=O) groups is 2. The van der Waals surface area contributed by atoms with E-state index in [1.54, 1.807) is 6.20 Å². The largest absolute Gasteiger partial charge is 0.465 e. The standard InChI is InChI=1S/C17H14N2O4/c1-11-4-3-5-15-18-14(10-19(11)15)17(21)23-13-8-6-12(7-9-13)16(20)22-2/h3-10H,1-2H3. The molecule has 2 aromatic heterocycles. The Bertz CT molecular complexity index is 881. The number of pyridine rings is 1. The fourth-order valence-electron chi connectivity index (χ4n) is 2.18.